The molecule has 2 aromatic rings. The van der Waals surface area contributed by atoms with Crippen LogP contribution in [0.25, 0.3) is 0 Å². The van der Waals surface area contributed by atoms with Gasteiger partial charge < -0.3 is 14.9 Å². The fraction of sp³-hybridized carbons (Fsp3) is 0.0714. The van der Waals surface area contributed by atoms with Crippen LogP contribution in [0.5, 0.6) is 11.5 Å². The minimum Gasteiger partial charge on any atom is -0.503 e. The first kappa shape index (κ1) is 15.8. The predicted octanol–water partition coefficient (Wildman–Crippen LogP) is 2.70. The summed E-state index contributed by atoms with van der Waals surface area (Å²) in [6, 6.07) is 6.25. The number of nitrogens with one attached hydrogen (secondary N) is 1. The Kier molecular flexibility index (Phi) is 4.95. The number of hydrazone groups is 1. The summed E-state index contributed by atoms with van der Waals surface area (Å²) in [4.78, 5) is 14.6. The molecule has 0 fully saturated rings. The number of ether oxygens (including phenoxy) is 1. The number of rotatable bonds is 5. The van der Waals surface area contributed by atoms with Gasteiger partial charge in [0.25, 0.3) is 0 Å². The number of halogens is 1. The molecule has 0 bridgehead atoms. The van der Waals surface area contributed by atoms with Crippen LogP contribution in [-0.4, -0.2) is 34.5 Å². The monoisotopic (exact) mass is 365 g/mol. The number of carbonyl (C=O) groups is 1. The Labute approximate surface area is 134 Å². The molecule has 0 saturated carbocycles. The number of carboxylic acids is 1. The van der Waals surface area contributed by atoms with Crippen LogP contribution in [0.4, 0.5) is 5.82 Å². The SMILES string of the molecule is COc1ccc(/C=N/Nc2ccc(C(=O)O)cn2)c(Br)c1O. The Morgan fingerprint density at radius 3 is 2.77 bits per heavy atom. The maximum Gasteiger partial charge on any atom is 0.337 e. The number of phenolic OH excluding ortho intramolecular Hbond substituents is 1. The van der Waals surface area contributed by atoms with Crippen molar-refractivity contribution in [3.8, 4) is 11.5 Å². The van der Waals surface area contributed by atoms with Gasteiger partial charge in [-0.15, -0.1) is 0 Å². The Hall–Kier alpha value is -2.61. The normalized spacial score (nSPS) is 10.6. The zero-order chi connectivity index (χ0) is 16.1. The van der Waals surface area contributed by atoms with Crippen LogP contribution in [0, 0.1) is 0 Å². The molecule has 0 saturated heterocycles. The number of carboxylic acid groups (broad SMARTS) is 1. The average Bonchev–Trinajstić information content (AvgIpc) is 2.52. The van der Waals surface area contributed by atoms with Gasteiger partial charge in [-0.25, -0.2) is 9.78 Å². The summed E-state index contributed by atoms with van der Waals surface area (Å²) in [5.41, 5.74) is 3.39. The quantitative estimate of drug-likeness (QED) is 0.555. The van der Waals surface area contributed by atoms with Crippen LogP contribution in [0.2, 0.25) is 0 Å². The molecule has 0 spiro atoms. The van der Waals surface area contributed by atoms with E-state index in [2.05, 4.69) is 31.4 Å². The lowest BCUT2D eigenvalue weighted by Crippen LogP contribution is -1.99. The van der Waals surface area contributed by atoms with Gasteiger partial charge in [-0.2, -0.15) is 5.10 Å². The highest BCUT2D eigenvalue weighted by Gasteiger charge is 2.09. The molecule has 1 heterocycles. The lowest BCUT2D eigenvalue weighted by molar-refractivity contribution is 0.0696. The molecule has 0 aliphatic rings. The number of benzene rings is 1. The van der Waals surface area contributed by atoms with E-state index in [0.29, 0.717) is 21.6 Å². The number of aromatic nitrogens is 1. The molecule has 0 radical (unpaired) electrons. The van der Waals surface area contributed by atoms with E-state index in [4.69, 9.17) is 9.84 Å². The second kappa shape index (κ2) is 6.90. The van der Waals surface area contributed by atoms with Crippen molar-refractivity contribution < 1.29 is 19.7 Å². The molecule has 1 aromatic heterocycles. The smallest absolute Gasteiger partial charge is 0.337 e. The number of aromatic carboxylic acids is 1. The number of nitrogens with zero attached hydrogens (tertiary/aromatic N) is 2. The third-order valence-corrected chi connectivity index (χ3v) is 3.56. The van der Waals surface area contributed by atoms with Gasteiger partial charge in [0, 0.05) is 11.8 Å². The van der Waals surface area contributed by atoms with E-state index in [-0.39, 0.29) is 11.3 Å². The molecular formula is C14H12BrN3O4. The van der Waals surface area contributed by atoms with Gasteiger partial charge in [0.15, 0.2) is 11.5 Å². The van der Waals surface area contributed by atoms with Crippen molar-refractivity contribution in [2.75, 3.05) is 12.5 Å². The van der Waals surface area contributed by atoms with E-state index in [1.54, 1.807) is 12.1 Å². The molecule has 3 N–H and O–H groups in total. The summed E-state index contributed by atoms with van der Waals surface area (Å²) in [5.74, 6) is -0.311. The Balaban J connectivity index is 2.09. The maximum absolute atomic E-state index is 10.7. The molecule has 0 unspecified atom stereocenters. The Morgan fingerprint density at radius 2 is 2.18 bits per heavy atom. The average molecular weight is 366 g/mol. The van der Waals surface area contributed by atoms with Crippen LogP contribution in [0.1, 0.15) is 15.9 Å². The summed E-state index contributed by atoms with van der Waals surface area (Å²) < 4.78 is 5.44. The zero-order valence-corrected chi connectivity index (χ0v) is 13.0. The molecule has 0 aliphatic heterocycles. The molecule has 7 nitrogen and oxygen atoms in total. The molecule has 22 heavy (non-hydrogen) atoms. The number of hydrogen-bond acceptors (Lipinski definition) is 6. The van der Waals surface area contributed by atoms with Gasteiger partial charge in [-0.1, -0.05) is 0 Å². The molecule has 2 rings (SSSR count). The number of methoxy groups -OCH3 is 1. The summed E-state index contributed by atoms with van der Waals surface area (Å²) >= 11 is 3.25. The minimum atomic E-state index is -1.04. The van der Waals surface area contributed by atoms with E-state index < -0.39 is 5.97 Å². The van der Waals surface area contributed by atoms with Gasteiger partial charge >= 0.3 is 5.97 Å². The van der Waals surface area contributed by atoms with E-state index in [1.807, 2.05) is 0 Å². The standard InChI is InChI=1S/C14H12BrN3O4/c1-22-10-4-2-8(12(15)13(10)19)7-17-18-11-5-3-9(6-16-11)14(20)21/h2-7,19H,1H3,(H,16,18)(H,20,21)/b17-7+. The van der Waals surface area contributed by atoms with Gasteiger partial charge in [0.2, 0.25) is 0 Å². The van der Waals surface area contributed by atoms with Crippen molar-refractivity contribution in [2.24, 2.45) is 5.10 Å². The molecule has 1 aromatic carbocycles. The first-order chi connectivity index (χ1) is 10.5. The fourth-order valence-corrected chi connectivity index (χ4v) is 2.01. The summed E-state index contributed by atoms with van der Waals surface area (Å²) in [7, 11) is 1.46. The molecular weight excluding hydrogens is 354 g/mol. The van der Waals surface area contributed by atoms with Crippen molar-refractivity contribution >= 4 is 33.9 Å². The van der Waals surface area contributed by atoms with Crippen molar-refractivity contribution in [3.63, 3.8) is 0 Å². The Bertz CT molecular complexity index is 717. The maximum atomic E-state index is 10.7. The molecule has 8 heteroatoms. The molecule has 0 amide bonds. The Morgan fingerprint density at radius 1 is 1.41 bits per heavy atom. The van der Waals surface area contributed by atoms with Crippen LogP contribution in [-0.2, 0) is 0 Å². The number of phenols is 1. The number of anilines is 1. The summed E-state index contributed by atoms with van der Waals surface area (Å²) in [6.07, 6.45) is 2.71. The highest BCUT2D eigenvalue weighted by atomic mass is 79.9. The van der Waals surface area contributed by atoms with E-state index in [0.717, 1.165) is 0 Å². The topological polar surface area (TPSA) is 104 Å². The van der Waals surface area contributed by atoms with Crippen molar-refractivity contribution in [1.29, 1.82) is 0 Å². The minimum absolute atomic E-state index is 0.0182. The van der Waals surface area contributed by atoms with E-state index in [1.165, 1.54) is 31.7 Å². The van der Waals surface area contributed by atoms with Gasteiger partial charge in [0.1, 0.15) is 5.82 Å². The summed E-state index contributed by atoms with van der Waals surface area (Å²) in [5, 5.41) is 22.6. The highest BCUT2D eigenvalue weighted by Crippen LogP contribution is 2.35. The van der Waals surface area contributed by atoms with Crippen LogP contribution in [0.3, 0.4) is 0 Å². The summed E-state index contributed by atoms with van der Waals surface area (Å²) in [6.45, 7) is 0. The fourth-order valence-electron chi connectivity index (χ4n) is 1.58. The third kappa shape index (κ3) is 3.53. The number of pyridine rings is 1. The van der Waals surface area contributed by atoms with Gasteiger partial charge in [-0.3, -0.25) is 5.43 Å². The van der Waals surface area contributed by atoms with Crippen LogP contribution in [0.15, 0.2) is 40.0 Å². The number of aromatic hydroxyl groups is 1. The van der Waals surface area contributed by atoms with E-state index in [9.17, 15) is 9.90 Å². The van der Waals surface area contributed by atoms with Crippen molar-refractivity contribution in [2.45, 2.75) is 0 Å². The van der Waals surface area contributed by atoms with Crippen molar-refractivity contribution in [1.82, 2.24) is 4.98 Å². The first-order valence-corrected chi connectivity index (χ1v) is 6.86. The predicted molar refractivity (Wildman–Crippen MR) is 84.8 cm³/mol. The zero-order valence-electron chi connectivity index (χ0n) is 11.4. The van der Waals surface area contributed by atoms with Gasteiger partial charge in [-0.05, 0) is 40.2 Å². The first-order valence-electron chi connectivity index (χ1n) is 6.07. The second-order valence-corrected chi connectivity index (χ2v) is 4.92. The second-order valence-electron chi connectivity index (χ2n) is 4.13. The lowest BCUT2D eigenvalue weighted by atomic mass is 10.2. The molecule has 0 aliphatic carbocycles. The molecule has 114 valence electrons. The highest BCUT2D eigenvalue weighted by molar-refractivity contribution is 9.10. The largest absolute Gasteiger partial charge is 0.503 e. The van der Waals surface area contributed by atoms with Crippen molar-refractivity contribution in [3.05, 3.63) is 46.1 Å². The van der Waals surface area contributed by atoms with Gasteiger partial charge in [0.05, 0.1) is 23.4 Å². The van der Waals surface area contributed by atoms with E-state index >= 15 is 0 Å². The number of hydrogen-bond donors (Lipinski definition) is 3. The van der Waals surface area contributed by atoms with Crippen LogP contribution < -0.4 is 10.2 Å². The third-order valence-electron chi connectivity index (χ3n) is 2.72. The lowest BCUT2D eigenvalue weighted by Gasteiger charge is -2.07. The molecule has 0 atom stereocenters. The van der Waals surface area contributed by atoms with Crippen LogP contribution >= 0.6 is 15.9 Å².